The molecule has 3 aromatic carbocycles. The number of amides is 5. The first-order chi connectivity index (χ1) is 26.7. The molecule has 0 unspecified atom stereocenters. The van der Waals surface area contributed by atoms with Gasteiger partial charge in [0.25, 0.3) is 11.8 Å². The minimum absolute atomic E-state index is 0.0118. The van der Waals surface area contributed by atoms with Gasteiger partial charge >= 0.3 is 18.0 Å². The third kappa shape index (κ3) is 8.19. The van der Waals surface area contributed by atoms with Crippen LogP contribution in [0.2, 0.25) is 0 Å². The fourth-order valence-corrected chi connectivity index (χ4v) is 7.19. The Balaban J connectivity index is 1.22. The summed E-state index contributed by atoms with van der Waals surface area (Å²) < 4.78 is 11.2. The molecular formula is C42H44N4O10. The van der Waals surface area contributed by atoms with Crippen LogP contribution < -0.4 is 0 Å². The Bertz CT molecular complexity index is 2030. The Kier molecular flexibility index (Phi) is 11.4. The van der Waals surface area contributed by atoms with Crippen molar-refractivity contribution in [1.82, 2.24) is 19.8 Å². The summed E-state index contributed by atoms with van der Waals surface area (Å²) in [5, 5.41) is 0.324. The second-order valence-electron chi connectivity index (χ2n) is 14.9. The van der Waals surface area contributed by atoms with Crippen LogP contribution in [0.4, 0.5) is 4.79 Å². The number of hydroxylamine groups is 2. The first kappa shape index (κ1) is 39.4. The van der Waals surface area contributed by atoms with Gasteiger partial charge in [-0.1, -0.05) is 77.9 Å². The fourth-order valence-electron chi connectivity index (χ4n) is 7.19. The zero-order valence-corrected chi connectivity index (χ0v) is 31.9. The summed E-state index contributed by atoms with van der Waals surface area (Å²) in [5.74, 6) is -5.30. The largest absolute Gasteiger partial charge is 0.459 e. The van der Waals surface area contributed by atoms with Gasteiger partial charge < -0.3 is 24.1 Å². The molecule has 3 aromatic rings. The van der Waals surface area contributed by atoms with Gasteiger partial charge in [0.1, 0.15) is 30.8 Å². The average Bonchev–Trinajstić information content (AvgIpc) is 3.60. The maximum Gasteiger partial charge on any atom is 0.410 e. The highest BCUT2D eigenvalue weighted by Gasteiger charge is 2.43. The van der Waals surface area contributed by atoms with E-state index in [1.54, 1.807) is 45.1 Å². The van der Waals surface area contributed by atoms with Gasteiger partial charge in [-0.15, -0.1) is 0 Å². The third-order valence-corrected chi connectivity index (χ3v) is 9.86. The number of nitrogens with zero attached hydrogens (tertiary/aromatic N) is 4. The smallest absolute Gasteiger partial charge is 0.410 e. The Labute approximate surface area is 324 Å². The van der Waals surface area contributed by atoms with E-state index < -0.39 is 72.3 Å². The monoisotopic (exact) mass is 764 g/mol. The molecule has 1 aliphatic carbocycles. The Morgan fingerprint density at radius 2 is 1.34 bits per heavy atom. The zero-order chi connectivity index (χ0) is 40.3. The molecule has 292 valence electrons. The molecule has 0 radical (unpaired) electrons. The Hall–Kier alpha value is -6.31. The molecule has 6 rings (SSSR count). The zero-order valence-electron chi connectivity index (χ0n) is 31.9. The van der Waals surface area contributed by atoms with E-state index in [9.17, 15) is 33.6 Å². The topological polar surface area (TPSA) is 160 Å². The van der Waals surface area contributed by atoms with Crippen molar-refractivity contribution in [2.45, 2.75) is 63.6 Å². The highest BCUT2D eigenvalue weighted by molar-refractivity contribution is 6.21. The maximum atomic E-state index is 14.5. The van der Waals surface area contributed by atoms with Crippen LogP contribution in [0.15, 0.2) is 84.9 Å². The summed E-state index contributed by atoms with van der Waals surface area (Å²) >= 11 is 0. The number of ether oxygens (including phenoxy) is 2. The summed E-state index contributed by atoms with van der Waals surface area (Å²) in [5.41, 5.74) is 3.39. The predicted octanol–water partition coefficient (Wildman–Crippen LogP) is 4.73. The van der Waals surface area contributed by atoms with Crippen LogP contribution in [0, 0.1) is 0 Å². The van der Waals surface area contributed by atoms with Crippen LogP contribution in [0.5, 0.6) is 0 Å². The van der Waals surface area contributed by atoms with Crippen molar-refractivity contribution in [3.8, 4) is 11.1 Å². The Morgan fingerprint density at radius 3 is 1.91 bits per heavy atom. The second-order valence-corrected chi connectivity index (χ2v) is 14.9. The van der Waals surface area contributed by atoms with Crippen molar-refractivity contribution in [3.05, 3.63) is 107 Å². The number of carbonyl (C=O) groups is 7. The molecule has 56 heavy (non-hydrogen) atoms. The van der Waals surface area contributed by atoms with Gasteiger partial charge in [-0.05, 0) is 68.0 Å². The number of hydrogen-bond donors (Lipinski definition) is 0. The van der Waals surface area contributed by atoms with E-state index in [-0.39, 0.29) is 36.6 Å². The summed E-state index contributed by atoms with van der Waals surface area (Å²) in [4.78, 5) is 103. The van der Waals surface area contributed by atoms with Gasteiger partial charge in [-0.3, -0.25) is 28.9 Å². The van der Waals surface area contributed by atoms with Crippen molar-refractivity contribution in [3.63, 3.8) is 0 Å². The molecule has 2 atom stereocenters. The van der Waals surface area contributed by atoms with Crippen molar-refractivity contribution in [2.75, 3.05) is 33.8 Å². The van der Waals surface area contributed by atoms with Gasteiger partial charge in [0.05, 0.1) is 17.5 Å². The number of rotatable bonds is 10. The maximum absolute atomic E-state index is 14.5. The van der Waals surface area contributed by atoms with Gasteiger partial charge in [0.15, 0.2) is 0 Å². The fraction of sp³-hybridized carbons (Fsp3) is 0.357. The summed E-state index contributed by atoms with van der Waals surface area (Å²) in [7, 11) is 2.75. The molecule has 0 fully saturated rings. The number of likely N-dealkylation sites (N-methyl/N-ethyl adjacent to an activating group) is 2. The number of fused-ring (bicyclic) bond motifs is 4. The number of hydrogen-bond acceptors (Lipinski definition) is 10. The minimum Gasteiger partial charge on any atom is -0.459 e. The van der Waals surface area contributed by atoms with E-state index in [1.807, 2.05) is 48.5 Å². The molecule has 0 N–H and O–H groups in total. The summed E-state index contributed by atoms with van der Waals surface area (Å²) in [6.07, 6.45) is 2.36. The van der Waals surface area contributed by atoms with Gasteiger partial charge in [-0.25, -0.2) is 9.59 Å². The first-order valence-corrected chi connectivity index (χ1v) is 18.3. The molecular weight excluding hydrogens is 720 g/mol. The van der Waals surface area contributed by atoms with Crippen LogP contribution in [0.1, 0.15) is 77.8 Å². The van der Waals surface area contributed by atoms with E-state index in [0.717, 1.165) is 27.2 Å². The number of imide groups is 1. The van der Waals surface area contributed by atoms with E-state index in [2.05, 4.69) is 0 Å². The molecule has 2 heterocycles. The number of benzene rings is 3. The first-order valence-electron chi connectivity index (χ1n) is 18.3. The third-order valence-electron chi connectivity index (χ3n) is 9.86. The lowest BCUT2D eigenvalue weighted by molar-refractivity contribution is -0.172. The number of carbonyl (C=O) groups excluding carboxylic acids is 7. The summed E-state index contributed by atoms with van der Waals surface area (Å²) in [6, 6.07) is 19.0. The predicted molar refractivity (Wildman–Crippen MR) is 202 cm³/mol. The molecule has 0 spiro atoms. The number of esters is 1. The van der Waals surface area contributed by atoms with Gasteiger partial charge in [-0.2, -0.15) is 0 Å². The van der Waals surface area contributed by atoms with Crippen LogP contribution in [0.25, 0.3) is 11.1 Å². The van der Waals surface area contributed by atoms with E-state index in [1.165, 1.54) is 36.0 Å². The van der Waals surface area contributed by atoms with E-state index in [0.29, 0.717) is 11.5 Å². The molecule has 14 nitrogen and oxygen atoms in total. The standard InChI is InChI=1S/C42H44N4O10/c1-42(2,3)55-36(48)24-43(4)39(51)34(23-35(47)56-46-37(49)30-19-12-13-20-31(30)38(46)50)45-22-14-6-7-21-33(40(45)52)44(5)41(53)54-25-32-28-17-10-8-15-26(28)27-16-9-11-18-29(27)32/h6-13,15-20,32-34H,14,21-25H2,1-5H3/b7-6-/t33-,34-/m0/s1. The van der Waals surface area contributed by atoms with Crippen LogP contribution in [-0.4, -0.2) is 113 Å². The van der Waals surface area contributed by atoms with Gasteiger partial charge in [0.2, 0.25) is 11.8 Å². The SMILES string of the molecule is CN(CC(=O)OC(C)(C)C)C(=O)[C@H](CC(=O)ON1C(=O)c2ccccc2C1=O)N1CC/C=C\C[C@H](N(C)C(=O)OCC2c3ccccc3-c3ccccc32)C1=O. The highest BCUT2D eigenvalue weighted by atomic mass is 16.7. The molecule has 0 saturated carbocycles. The minimum atomic E-state index is -1.57. The normalized spacial score (nSPS) is 17.5. The van der Waals surface area contributed by atoms with Crippen LogP contribution in [-0.2, 0) is 33.5 Å². The molecule has 5 amide bonds. The Morgan fingerprint density at radius 1 is 0.786 bits per heavy atom. The van der Waals surface area contributed by atoms with E-state index in [4.69, 9.17) is 14.3 Å². The quantitative estimate of drug-likeness (QED) is 0.161. The second kappa shape index (κ2) is 16.2. The van der Waals surface area contributed by atoms with Crippen molar-refractivity contribution in [1.29, 1.82) is 0 Å². The lowest BCUT2D eigenvalue weighted by Crippen LogP contribution is -2.58. The molecule has 0 bridgehead atoms. The molecule has 3 aliphatic rings. The van der Waals surface area contributed by atoms with Crippen molar-refractivity contribution in [2.24, 2.45) is 0 Å². The average molecular weight is 765 g/mol. The molecule has 0 saturated heterocycles. The summed E-state index contributed by atoms with van der Waals surface area (Å²) in [6.45, 7) is 4.46. The molecule has 2 aliphatic heterocycles. The van der Waals surface area contributed by atoms with Crippen LogP contribution in [0.3, 0.4) is 0 Å². The van der Waals surface area contributed by atoms with Crippen molar-refractivity contribution >= 4 is 41.7 Å². The van der Waals surface area contributed by atoms with Crippen LogP contribution >= 0.6 is 0 Å². The molecule has 0 aromatic heterocycles. The van der Waals surface area contributed by atoms with E-state index >= 15 is 0 Å². The highest BCUT2D eigenvalue weighted by Crippen LogP contribution is 2.44. The van der Waals surface area contributed by atoms with Gasteiger partial charge in [0, 0.05) is 26.6 Å². The van der Waals surface area contributed by atoms with Crippen molar-refractivity contribution < 1.29 is 47.9 Å². The lowest BCUT2D eigenvalue weighted by atomic mass is 9.98. The molecule has 14 heteroatoms. The lowest BCUT2D eigenvalue weighted by Gasteiger charge is -2.37.